The zero-order valence-electron chi connectivity index (χ0n) is 17.4. The molecule has 0 spiro atoms. The van der Waals surface area contributed by atoms with E-state index < -0.39 is 11.9 Å². The standard InChI is InChI=1S/C23H26N2O5/c1-16(24)4-5-17-6-10-19(11-7-17)23(28)30-20-12-8-18(9-13-20)14-22(27)29-15-21(26)25(2)3/h6-13,24H,4-5,14-15H2,1-3H3. The minimum atomic E-state index is -0.506. The number of amides is 1. The number of hydrogen-bond donors (Lipinski definition) is 1. The van der Waals surface area contributed by atoms with Crippen molar-refractivity contribution in [3.63, 3.8) is 0 Å². The Kier molecular flexibility index (Phi) is 8.29. The van der Waals surface area contributed by atoms with Crippen LogP contribution < -0.4 is 4.74 Å². The van der Waals surface area contributed by atoms with Gasteiger partial charge in [-0.1, -0.05) is 24.3 Å². The van der Waals surface area contributed by atoms with Crippen LogP contribution in [0.15, 0.2) is 48.5 Å². The Bertz CT molecular complexity index is 902. The third-order valence-electron chi connectivity index (χ3n) is 4.32. The van der Waals surface area contributed by atoms with Crippen LogP contribution in [0.3, 0.4) is 0 Å². The van der Waals surface area contributed by atoms with Gasteiger partial charge in [-0.05, 0) is 55.2 Å². The van der Waals surface area contributed by atoms with Crippen molar-refractivity contribution < 1.29 is 23.9 Å². The number of benzene rings is 2. The Hall–Kier alpha value is -3.48. The highest BCUT2D eigenvalue weighted by Crippen LogP contribution is 2.16. The maximum atomic E-state index is 12.3. The number of nitrogens with one attached hydrogen (secondary N) is 1. The zero-order chi connectivity index (χ0) is 22.1. The van der Waals surface area contributed by atoms with Gasteiger partial charge in [0.2, 0.25) is 0 Å². The van der Waals surface area contributed by atoms with E-state index in [2.05, 4.69) is 0 Å². The second-order valence-electron chi connectivity index (χ2n) is 7.14. The van der Waals surface area contributed by atoms with Crippen LogP contribution in [0.4, 0.5) is 0 Å². The van der Waals surface area contributed by atoms with Gasteiger partial charge in [0.15, 0.2) is 6.61 Å². The lowest BCUT2D eigenvalue weighted by molar-refractivity contribution is -0.150. The number of ether oxygens (including phenoxy) is 2. The molecule has 0 saturated carbocycles. The van der Waals surface area contributed by atoms with E-state index in [9.17, 15) is 14.4 Å². The number of aryl methyl sites for hydroxylation is 1. The van der Waals surface area contributed by atoms with Crippen LogP contribution in [0.5, 0.6) is 5.75 Å². The summed E-state index contributed by atoms with van der Waals surface area (Å²) in [7, 11) is 3.17. The predicted molar refractivity (Wildman–Crippen MR) is 113 cm³/mol. The fourth-order valence-electron chi connectivity index (χ4n) is 2.47. The van der Waals surface area contributed by atoms with Gasteiger partial charge >= 0.3 is 11.9 Å². The third-order valence-corrected chi connectivity index (χ3v) is 4.32. The highest BCUT2D eigenvalue weighted by molar-refractivity contribution is 5.91. The highest BCUT2D eigenvalue weighted by Gasteiger charge is 2.12. The van der Waals surface area contributed by atoms with Crippen molar-refractivity contribution in [2.75, 3.05) is 20.7 Å². The number of nitrogens with zero attached hydrogens (tertiary/aromatic N) is 1. The van der Waals surface area contributed by atoms with E-state index >= 15 is 0 Å². The molecule has 2 rings (SSSR count). The Labute approximate surface area is 176 Å². The first-order valence-corrected chi connectivity index (χ1v) is 9.54. The summed E-state index contributed by atoms with van der Waals surface area (Å²) in [6, 6.07) is 13.7. The molecule has 0 radical (unpaired) electrons. The van der Waals surface area contributed by atoms with Crippen LogP contribution in [-0.4, -0.2) is 49.2 Å². The summed E-state index contributed by atoms with van der Waals surface area (Å²) in [5.41, 5.74) is 2.80. The number of carbonyl (C=O) groups excluding carboxylic acids is 3. The van der Waals surface area contributed by atoms with E-state index in [-0.39, 0.29) is 18.9 Å². The molecule has 0 aliphatic rings. The first-order valence-electron chi connectivity index (χ1n) is 9.54. The molecule has 0 bridgehead atoms. The molecule has 0 saturated heterocycles. The summed E-state index contributed by atoms with van der Waals surface area (Å²) in [5.74, 6) is -0.903. The fraction of sp³-hybridized carbons (Fsp3) is 0.304. The van der Waals surface area contributed by atoms with Gasteiger partial charge < -0.3 is 19.8 Å². The van der Waals surface area contributed by atoms with Crippen molar-refractivity contribution in [1.29, 1.82) is 5.41 Å². The lowest BCUT2D eigenvalue weighted by atomic mass is 10.1. The number of likely N-dealkylation sites (N-methyl/N-ethyl adjacent to an activating group) is 1. The fourth-order valence-corrected chi connectivity index (χ4v) is 2.47. The normalized spacial score (nSPS) is 10.2. The van der Waals surface area contributed by atoms with Crippen molar-refractivity contribution in [2.24, 2.45) is 0 Å². The summed E-state index contributed by atoms with van der Waals surface area (Å²) in [4.78, 5) is 36.9. The Morgan fingerprint density at radius 3 is 2.10 bits per heavy atom. The number of carbonyl (C=O) groups is 3. The Morgan fingerprint density at radius 1 is 0.933 bits per heavy atom. The van der Waals surface area contributed by atoms with E-state index in [0.717, 1.165) is 12.0 Å². The lowest BCUT2D eigenvalue weighted by Gasteiger charge is -2.10. The van der Waals surface area contributed by atoms with Crippen molar-refractivity contribution >= 4 is 23.6 Å². The van der Waals surface area contributed by atoms with E-state index in [1.54, 1.807) is 57.4 Å². The smallest absolute Gasteiger partial charge is 0.343 e. The van der Waals surface area contributed by atoms with Crippen LogP contribution >= 0.6 is 0 Å². The number of rotatable bonds is 9. The van der Waals surface area contributed by atoms with Crippen molar-refractivity contribution in [1.82, 2.24) is 4.90 Å². The van der Waals surface area contributed by atoms with Crippen molar-refractivity contribution in [3.8, 4) is 5.75 Å². The largest absolute Gasteiger partial charge is 0.455 e. The van der Waals surface area contributed by atoms with Gasteiger partial charge in [-0.25, -0.2) is 4.79 Å². The number of esters is 2. The Balaban J connectivity index is 1.86. The van der Waals surface area contributed by atoms with Crippen LogP contribution in [0.2, 0.25) is 0 Å². The van der Waals surface area contributed by atoms with Crippen LogP contribution in [0, 0.1) is 5.41 Å². The molecule has 0 aliphatic heterocycles. The molecule has 2 aromatic carbocycles. The van der Waals surface area contributed by atoms with Gasteiger partial charge in [-0.15, -0.1) is 0 Å². The lowest BCUT2D eigenvalue weighted by Crippen LogP contribution is -2.27. The molecular formula is C23H26N2O5. The highest BCUT2D eigenvalue weighted by atomic mass is 16.5. The molecule has 0 heterocycles. The second kappa shape index (κ2) is 10.9. The van der Waals surface area contributed by atoms with Crippen molar-refractivity contribution in [2.45, 2.75) is 26.2 Å². The molecule has 158 valence electrons. The first kappa shape index (κ1) is 22.8. The van der Waals surface area contributed by atoms with Gasteiger partial charge in [0.1, 0.15) is 5.75 Å². The monoisotopic (exact) mass is 410 g/mol. The van der Waals surface area contributed by atoms with E-state index in [0.29, 0.717) is 29.0 Å². The molecule has 0 unspecified atom stereocenters. The molecule has 2 aromatic rings. The molecule has 0 fully saturated rings. The molecule has 0 aliphatic carbocycles. The predicted octanol–water partition coefficient (Wildman–Crippen LogP) is 3.05. The molecule has 1 amide bonds. The molecular weight excluding hydrogens is 384 g/mol. The summed E-state index contributed by atoms with van der Waals surface area (Å²) in [5, 5.41) is 7.47. The first-order chi connectivity index (χ1) is 14.2. The summed E-state index contributed by atoms with van der Waals surface area (Å²) in [6.07, 6.45) is 1.47. The molecule has 7 heteroatoms. The van der Waals surface area contributed by atoms with Gasteiger partial charge in [-0.2, -0.15) is 0 Å². The van der Waals surface area contributed by atoms with Gasteiger partial charge in [0.05, 0.1) is 12.0 Å². The summed E-state index contributed by atoms with van der Waals surface area (Å²) < 4.78 is 10.3. The average Bonchev–Trinajstić information content (AvgIpc) is 2.72. The SMILES string of the molecule is CC(=N)CCc1ccc(C(=O)Oc2ccc(CC(=O)OCC(=O)N(C)C)cc2)cc1. The summed E-state index contributed by atoms with van der Waals surface area (Å²) in [6.45, 7) is 1.48. The molecule has 0 aromatic heterocycles. The molecule has 0 atom stereocenters. The Morgan fingerprint density at radius 2 is 1.53 bits per heavy atom. The van der Waals surface area contributed by atoms with E-state index in [1.807, 2.05) is 12.1 Å². The quantitative estimate of drug-likeness (QED) is 0.389. The molecule has 30 heavy (non-hydrogen) atoms. The average molecular weight is 410 g/mol. The van der Waals surface area contributed by atoms with Crippen LogP contribution in [0.1, 0.15) is 34.8 Å². The number of hydrogen-bond acceptors (Lipinski definition) is 6. The minimum Gasteiger partial charge on any atom is -0.455 e. The maximum absolute atomic E-state index is 12.3. The van der Waals surface area contributed by atoms with Gasteiger partial charge in [-0.3, -0.25) is 9.59 Å². The third kappa shape index (κ3) is 7.50. The maximum Gasteiger partial charge on any atom is 0.343 e. The second-order valence-corrected chi connectivity index (χ2v) is 7.14. The molecule has 7 nitrogen and oxygen atoms in total. The van der Waals surface area contributed by atoms with Gasteiger partial charge in [0.25, 0.3) is 5.91 Å². The van der Waals surface area contributed by atoms with Gasteiger partial charge in [0, 0.05) is 19.8 Å². The zero-order valence-corrected chi connectivity index (χ0v) is 17.4. The molecule has 1 N–H and O–H groups in total. The minimum absolute atomic E-state index is 0.0195. The van der Waals surface area contributed by atoms with Crippen LogP contribution in [-0.2, 0) is 27.2 Å². The topological polar surface area (TPSA) is 96.8 Å². The van der Waals surface area contributed by atoms with E-state index in [4.69, 9.17) is 14.9 Å². The summed E-state index contributed by atoms with van der Waals surface area (Å²) >= 11 is 0. The van der Waals surface area contributed by atoms with E-state index in [1.165, 1.54) is 4.90 Å². The van der Waals surface area contributed by atoms with Crippen molar-refractivity contribution in [3.05, 3.63) is 65.2 Å². The van der Waals surface area contributed by atoms with Crippen LogP contribution in [0.25, 0.3) is 0 Å².